The van der Waals surface area contributed by atoms with Gasteiger partial charge in [0.2, 0.25) is 5.91 Å². The number of benzene rings is 1. The van der Waals surface area contributed by atoms with Gasteiger partial charge in [-0.2, -0.15) is 5.26 Å². The van der Waals surface area contributed by atoms with Crippen LogP contribution >= 0.6 is 0 Å². The van der Waals surface area contributed by atoms with Crippen LogP contribution in [0.3, 0.4) is 0 Å². The fraction of sp³-hybridized carbons (Fsp3) is 0.333. The predicted molar refractivity (Wildman–Crippen MR) is 62.5 cm³/mol. The number of carbonyl (C=O) groups is 1. The topological polar surface area (TPSA) is 117 Å². The van der Waals surface area contributed by atoms with Gasteiger partial charge in [-0.3, -0.25) is 4.79 Å². The highest BCUT2D eigenvalue weighted by atomic mass is 16.5. The lowest BCUT2D eigenvalue weighted by Gasteiger charge is -2.17. The average molecular weight is 250 g/mol. The van der Waals surface area contributed by atoms with Gasteiger partial charge in [-0.1, -0.05) is 6.07 Å². The minimum atomic E-state index is -1.29. The second kappa shape index (κ2) is 6.00. The smallest absolute Gasteiger partial charge is 0.220 e. The third-order valence-electron chi connectivity index (χ3n) is 2.46. The molecule has 0 aliphatic carbocycles. The Morgan fingerprint density at radius 3 is 2.72 bits per heavy atom. The van der Waals surface area contributed by atoms with Gasteiger partial charge in [0.1, 0.15) is 17.9 Å². The Bertz CT molecular complexity index is 481. The molecule has 2 unspecified atom stereocenters. The number of amides is 1. The van der Waals surface area contributed by atoms with Gasteiger partial charge in [0.25, 0.3) is 0 Å². The van der Waals surface area contributed by atoms with Gasteiger partial charge in [-0.25, -0.2) is 0 Å². The number of methoxy groups -OCH3 is 1. The highest BCUT2D eigenvalue weighted by molar-refractivity contribution is 5.74. The number of rotatable bonds is 5. The summed E-state index contributed by atoms with van der Waals surface area (Å²) in [6, 6.07) is 6.32. The number of primary amides is 1. The molecule has 4 N–H and O–H groups in total. The maximum Gasteiger partial charge on any atom is 0.220 e. The summed E-state index contributed by atoms with van der Waals surface area (Å²) in [6.45, 7) is 0. The van der Waals surface area contributed by atoms with E-state index >= 15 is 0 Å². The van der Waals surface area contributed by atoms with Crippen molar-refractivity contribution in [3.63, 3.8) is 0 Å². The van der Waals surface area contributed by atoms with Crippen LogP contribution in [-0.2, 0) is 4.79 Å². The van der Waals surface area contributed by atoms with Crippen molar-refractivity contribution in [2.45, 2.75) is 18.6 Å². The molecule has 0 heterocycles. The minimum absolute atomic E-state index is 0.292. The van der Waals surface area contributed by atoms with Crippen molar-refractivity contribution < 1.29 is 19.7 Å². The molecule has 0 fully saturated rings. The summed E-state index contributed by atoms with van der Waals surface area (Å²) in [5.74, 6) is -0.414. The Balaban J connectivity index is 2.96. The molecule has 0 saturated carbocycles. The van der Waals surface area contributed by atoms with Crippen molar-refractivity contribution in [1.82, 2.24) is 0 Å². The molecule has 0 bridgehead atoms. The SMILES string of the molecule is COc1cc(C(O)C(O)CC(N)=O)ccc1C#N. The molecule has 0 spiro atoms. The van der Waals surface area contributed by atoms with Crippen LogP contribution in [0.4, 0.5) is 0 Å². The van der Waals surface area contributed by atoms with Crippen molar-refractivity contribution in [2.24, 2.45) is 5.73 Å². The molecule has 18 heavy (non-hydrogen) atoms. The number of carbonyl (C=O) groups excluding carboxylic acids is 1. The Labute approximate surface area is 104 Å². The van der Waals surface area contributed by atoms with E-state index in [0.29, 0.717) is 16.9 Å². The van der Waals surface area contributed by atoms with Crippen molar-refractivity contribution >= 4 is 5.91 Å². The summed E-state index contributed by atoms with van der Waals surface area (Å²) in [7, 11) is 1.40. The van der Waals surface area contributed by atoms with E-state index in [1.54, 1.807) is 0 Å². The molecule has 1 rings (SSSR count). The lowest BCUT2D eigenvalue weighted by molar-refractivity contribution is -0.121. The van der Waals surface area contributed by atoms with Gasteiger partial charge in [0.05, 0.1) is 25.2 Å². The van der Waals surface area contributed by atoms with Crippen LogP contribution in [0.5, 0.6) is 5.75 Å². The van der Waals surface area contributed by atoms with Gasteiger partial charge in [0, 0.05) is 0 Å². The van der Waals surface area contributed by atoms with Gasteiger partial charge < -0.3 is 20.7 Å². The van der Waals surface area contributed by atoms with E-state index in [1.807, 2.05) is 6.07 Å². The number of nitrogens with two attached hydrogens (primary N) is 1. The summed E-state index contributed by atoms with van der Waals surface area (Å²) in [6.07, 6.45) is -2.90. The maximum absolute atomic E-state index is 10.7. The highest BCUT2D eigenvalue weighted by Crippen LogP contribution is 2.25. The van der Waals surface area contributed by atoms with Crippen LogP contribution in [0.1, 0.15) is 23.7 Å². The Hall–Kier alpha value is -2.10. The van der Waals surface area contributed by atoms with E-state index in [9.17, 15) is 15.0 Å². The molecular weight excluding hydrogens is 236 g/mol. The average Bonchev–Trinajstić information content (AvgIpc) is 2.36. The molecule has 0 aliphatic heterocycles. The summed E-state index contributed by atoms with van der Waals surface area (Å²) in [4.78, 5) is 10.7. The first-order valence-electron chi connectivity index (χ1n) is 5.22. The standard InChI is InChI=1S/C12H14N2O4/c1-18-10-4-7(2-3-8(10)6-13)12(17)9(15)5-11(14)16/h2-4,9,12,15,17H,5H2,1H3,(H2,14,16). The number of aliphatic hydroxyl groups is 2. The van der Waals surface area contributed by atoms with Gasteiger partial charge in [0.15, 0.2) is 0 Å². The van der Waals surface area contributed by atoms with Crippen LogP contribution in [0.15, 0.2) is 18.2 Å². The van der Waals surface area contributed by atoms with E-state index < -0.39 is 18.1 Å². The Kier molecular flexibility index (Phi) is 4.66. The van der Waals surface area contributed by atoms with Crippen LogP contribution in [0.25, 0.3) is 0 Å². The fourth-order valence-corrected chi connectivity index (χ4v) is 1.52. The zero-order valence-electron chi connectivity index (χ0n) is 9.83. The van der Waals surface area contributed by atoms with Gasteiger partial charge >= 0.3 is 0 Å². The molecule has 6 nitrogen and oxygen atoms in total. The monoisotopic (exact) mass is 250 g/mol. The first-order chi connectivity index (χ1) is 8.49. The molecular formula is C12H14N2O4. The number of hydrogen-bond donors (Lipinski definition) is 3. The molecule has 0 saturated heterocycles. The molecule has 1 amide bonds. The molecule has 96 valence electrons. The van der Waals surface area contributed by atoms with Crippen LogP contribution in [0, 0.1) is 11.3 Å². The number of nitriles is 1. The third-order valence-corrected chi connectivity index (χ3v) is 2.46. The van der Waals surface area contributed by atoms with Crippen molar-refractivity contribution in [3.05, 3.63) is 29.3 Å². The van der Waals surface area contributed by atoms with Crippen molar-refractivity contribution in [2.75, 3.05) is 7.11 Å². The minimum Gasteiger partial charge on any atom is -0.495 e. The van der Waals surface area contributed by atoms with Crippen molar-refractivity contribution in [1.29, 1.82) is 5.26 Å². The maximum atomic E-state index is 10.7. The van der Waals surface area contributed by atoms with Gasteiger partial charge in [-0.05, 0) is 17.7 Å². The lowest BCUT2D eigenvalue weighted by Crippen LogP contribution is -2.25. The predicted octanol–water partition coefficient (Wildman–Crippen LogP) is -0.163. The van der Waals surface area contributed by atoms with E-state index in [4.69, 9.17) is 15.7 Å². The van der Waals surface area contributed by atoms with E-state index in [2.05, 4.69) is 0 Å². The fourth-order valence-electron chi connectivity index (χ4n) is 1.52. The Morgan fingerprint density at radius 2 is 2.22 bits per heavy atom. The normalized spacial score (nSPS) is 13.4. The zero-order valence-corrected chi connectivity index (χ0v) is 9.83. The molecule has 0 radical (unpaired) electrons. The van der Waals surface area contributed by atoms with E-state index in [-0.39, 0.29) is 6.42 Å². The van der Waals surface area contributed by atoms with E-state index in [0.717, 1.165) is 0 Å². The lowest BCUT2D eigenvalue weighted by atomic mass is 10.00. The molecule has 2 atom stereocenters. The molecule has 1 aromatic rings. The molecule has 0 aromatic heterocycles. The largest absolute Gasteiger partial charge is 0.495 e. The van der Waals surface area contributed by atoms with Crippen LogP contribution in [-0.4, -0.2) is 29.3 Å². The first kappa shape index (κ1) is 14.0. The van der Waals surface area contributed by atoms with Crippen molar-refractivity contribution in [3.8, 4) is 11.8 Å². The van der Waals surface area contributed by atoms with Crippen LogP contribution < -0.4 is 10.5 Å². The summed E-state index contributed by atoms with van der Waals surface area (Å²) < 4.78 is 4.98. The number of nitrogens with zero attached hydrogens (tertiary/aromatic N) is 1. The number of aliphatic hydroxyl groups excluding tert-OH is 2. The Morgan fingerprint density at radius 1 is 1.56 bits per heavy atom. The summed E-state index contributed by atoms with van der Waals surface area (Å²) in [5, 5.41) is 28.2. The number of ether oxygens (including phenoxy) is 1. The van der Waals surface area contributed by atoms with Gasteiger partial charge in [-0.15, -0.1) is 0 Å². The zero-order chi connectivity index (χ0) is 13.7. The highest BCUT2D eigenvalue weighted by Gasteiger charge is 2.21. The van der Waals surface area contributed by atoms with Crippen LogP contribution in [0.2, 0.25) is 0 Å². The first-order valence-corrected chi connectivity index (χ1v) is 5.22. The molecule has 1 aromatic carbocycles. The third kappa shape index (κ3) is 3.20. The summed E-state index contributed by atoms with van der Waals surface area (Å²) >= 11 is 0. The second-order valence-electron chi connectivity index (χ2n) is 3.75. The quantitative estimate of drug-likeness (QED) is 0.671. The van der Waals surface area contributed by atoms with E-state index in [1.165, 1.54) is 25.3 Å². The number of hydrogen-bond acceptors (Lipinski definition) is 5. The second-order valence-corrected chi connectivity index (χ2v) is 3.75. The molecule has 0 aliphatic rings. The summed E-state index contributed by atoms with van der Waals surface area (Å²) in [5.41, 5.74) is 5.60. The molecule has 6 heteroatoms.